The Hall–Kier alpha value is -2.63. The number of aliphatic carboxylic acids is 1. The Morgan fingerprint density at radius 2 is 1.95 bits per heavy atom. The molecule has 1 aromatic carbocycles. The van der Waals surface area contributed by atoms with Gasteiger partial charge in [0, 0.05) is 5.69 Å². The van der Waals surface area contributed by atoms with Crippen LogP contribution in [0.5, 0.6) is 0 Å². The molecule has 0 radical (unpaired) electrons. The van der Waals surface area contributed by atoms with Crippen molar-refractivity contribution in [3.63, 3.8) is 0 Å². The number of aromatic nitrogens is 2. The molecule has 6 nitrogen and oxygen atoms in total. The molecule has 116 valence electrons. The van der Waals surface area contributed by atoms with E-state index in [0.29, 0.717) is 0 Å². The highest BCUT2D eigenvalue weighted by Gasteiger charge is 2.20. The number of carbonyl (C=O) groups is 2. The molecule has 2 aromatic rings. The number of amides is 1. The zero-order valence-electron chi connectivity index (χ0n) is 12.5. The largest absolute Gasteiger partial charge is 0.481 e. The Bertz CT molecular complexity index is 650. The van der Waals surface area contributed by atoms with Crippen molar-refractivity contribution in [1.82, 2.24) is 15.5 Å². The maximum absolute atomic E-state index is 12.3. The number of carboxylic acids is 1. The van der Waals surface area contributed by atoms with Gasteiger partial charge in [0.25, 0.3) is 5.91 Å². The van der Waals surface area contributed by atoms with E-state index in [2.05, 4.69) is 15.5 Å². The highest BCUT2D eigenvalue weighted by atomic mass is 16.4. The average molecular weight is 301 g/mol. The Morgan fingerprint density at radius 3 is 2.50 bits per heavy atom. The van der Waals surface area contributed by atoms with Gasteiger partial charge in [-0.25, -0.2) is 0 Å². The first kappa shape index (κ1) is 15.8. The fraction of sp³-hybridized carbons (Fsp3) is 0.312. The fourth-order valence-electron chi connectivity index (χ4n) is 2.09. The maximum atomic E-state index is 12.3. The third-order valence-corrected chi connectivity index (χ3v) is 3.34. The van der Waals surface area contributed by atoms with Crippen LogP contribution < -0.4 is 5.32 Å². The maximum Gasteiger partial charge on any atom is 0.305 e. The van der Waals surface area contributed by atoms with Crippen LogP contribution >= 0.6 is 0 Å². The molecule has 0 aliphatic carbocycles. The molecular weight excluding hydrogens is 282 g/mol. The number of rotatable bonds is 6. The van der Waals surface area contributed by atoms with Crippen LogP contribution in [0.4, 0.5) is 0 Å². The van der Waals surface area contributed by atoms with E-state index in [-0.39, 0.29) is 18.0 Å². The first-order valence-electron chi connectivity index (χ1n) is 7.10. The Kier molecular flexibility index (Phi) is 4.93. The molecule has 1 aromatic heterocycles. The lowest BCUT2D eigenvalue weighted by atomic mass is 10.0. The minimum absolute atomic E-state index is 0.183. The number of nitrogens with one attached hydrogen (secondary N) is 2. The van der Waals surface area contributed by atoms with Crippen molar-refractivity contribution in [3.05, 3.63) is 53.3 Å². The molecule has 1 heterocycles. The lowest BCUT2D eigenvalue weighted by Gasteiger charge is -2.16. The van der Waals surface area contributed by atoms with Gasteiger partial charge in [0.05, 0.1) is 12.5 Å². The lowest BCUT2D eigenvalue weighted by molar-refractivity contribution is -0.137. The van der Waals surface area contributed by atoms with Crippen molar-refractivity contribution in [2.24, 2.45) is 0 Å². The summed E-state index contributed by atoms with van der Waals surface area (Å²) in [7, 11) is 0. The van der Waals surface area contributed by atoms with Gasteiger partial charge in [-0.2, -0.15) is 5.10 Å². The van der Waals surface area contributed by atoms with Gasteiger partial charge in [-0.05, 0) is 17.5 Å². The number of hydrogen-bond donors (Lipinski definition) is 3. The van der Waals surface area contributed by atoms with Crippen LogP contribution in [0.2, 0.25) is 0 Å². The second kappa shape index (κ2) is 6.89. The molecule has 0 saturated heterocycles. The highest BCUT2D eigenvalue weighted by molar-refractivity contribution is 5.92. The van der Waals surface area contributed by atoms with Crippen molar-refractivity contribution >= 4 is 11.9 Å². The minimum Gasteiger partial charge on any atom is -0.481 e. The standard InChI is InChI=1S/C16H19N3O3/c1-10(2)12-8-14(19-18-12)16(22)17-13(9-15(20)21)11-6-4-3-5-7-11/h3-8,10,13H,9H2,1-2H3,(H,17,22)(H,18,19)(H,20,21). The minimum atomic E-state index is -0.973. The number of hydrogen-bond acceptors (Lipinski definition) is 3. The Labute approximate surface area is 128 Å². The van der Waals surface area contributed by atoms with Gasteiger partial charge in [0.1, 0.15) is 5.69 Å². The van der Waals surface area contributed by atoms with Crippen molar-refractivity contribution in [3.8, 4) is 0 Å². The summed E-state index contributed by atoms with van der Waals surface area (Å²) in [5.41, 5.74) is 1.87. The first-order valence-corrected chi connectivity index (χ1v) is 7.10. The van der Waals surface area contributed by atoms with Gasteiger partial charge in [0.15, 0.2) is 0 Å². The van der Waals surface area contributed by atoms with E-state index in [9.17, 15) is 9.59 Å². The van der Waals surface area contributed by atoms with Crippen LogP contribution in [-0.4, -0.2) is 27.2 Å². The molecule has 0 spiro atoms. The summed E-state index contributed by atoms with van der Waals surface area (Å²) in [5.74, 6) is -1.13. The molecule has 0 saturated carbocycles. The molecule has 0 aliphatic heterocycles. The van der Waals surface area contributed by atoms with E-state index in [1.165, 1.54) is 0 Å². The van der Waals surface area contributed by atoms with Crippen LogP contribution in [0.3, 0.4) is 0 Å². The summed E-state index contributed by atoms with van der Waals surface area (Å²) >= 11 is 0. The number of carbonyl (C=O) groups excluding carboxylic acids is 1. The van der Waals surface area contributed by atoms with Gasteiger partial charge in [-0.1, -0.05) is 44.2 Å². The van der Waals surface area contributed by atoms with Crippen LogP contribution in [0.25, 0.3) is 0 Å². The van der Waals surface area contributed by atoms with E-state index in [1.54, 1.807) is 18.2 Å². The normalized spacial score (nSPS) is 12.1. The van der Waals surface area contributed by atoms with Gasteiger partial charge < -0.3 is 10.4 Å². The quantitative estimate of drug-likeness (QED) is 0.764. The van der Waals surface area contributed by atoms with Gasteiger partial charge in [-0.15, -0.1) is 0 Å². The number of H-pyrrole nitrogens is 1. The van der Waals surface area contributed by atoms with Crippen LogP contribution in [-0.2, 0) is 4.79 Å². The monoisotopic (exact) mass is 301 g/mol. The summed E-state index contributed by atoms with van der Waals surface area (Å²) in [4.78, 5) is 23.3. The van der Waals surface area contributed by atoms with Crippen molar-refractivity contribution < 1.29 is 14.7 Å². The average Bonchev–Trinajstić information content (AvgIpc) is 2.97. The molecule has 1 unspecified atom stereocenters. The molecule has 3 N–H and O–H groups in total. The number of carboxylic acid groups (broad SMARTS) is 1. The number of aromatic amines is 1. The third-order valence-electron chi connectivity index (χ3n) is 3.34. The second-order valence-electron chi connectivity index (χ2n) is 5.40. The first-order chi connectivity index (χ1) is 10.5. The molecule has 22 heavy (non-hydrogen) atoms. The topological polar surface area (TPSA) is 95.1 Å². The summed E-state index contributed by atoms with van der Waals surface area (Å²) < 4.78 is 0. The molecule has 2 rings (SSSR count). The predicted octanol–water partition coefficient (Wildman–Crippen LogP) is 2.48. The van der Waals surface area contributed by atoms with Gasteiger partial charge in [-0.3, -0.25) is 14.7 Å². The number of benzene rings is 1. The SMILES string of the molecule is CC(C)c1cc(C(=O)NC(CC(=O)O)c2ccccc2)n[nH]1. The van der Waals surface area contributed by atoms with Crippen LogP contribution in [0.1, 0.15) is 54.0 Å². The molecule has 0 bridgehead atoms. The molecule has 0 fully saturated rings. The fourth-order valence-corrected chi connectivity index (χ4v) is 2.09. The van der Waals surface area contributed by atoms with Crippen molar-refractivity contribution in [1.29, 1.82) is 0 Å². The van der Waals surface area contributed by atoms with E-state index in [1.807, 2.05) is 32.0 Å². The Morgan fingerprint density at radius 1 is 1.27 bits per heavy atom. The molecular formula is C16H19N3O3. The second-order valence-corrected chi connectivity index (χ2v) is 5.40. The summed E-state index contributed by atoms with van der Waals surface area (Å²) in [6.45, 7) is 3.98. The third kappa shape index (κ3) is 3.94. The van der Waals surface area contributed by atoms with E-state index in [4.69, 9.17) is 5.11 Å². The summed E-state index contributed by atoms with van der Waals surface area (Å²) in [6.07, 6.45) is -0.183. The van der Waals surface area contributed by atoms with Crippen molar-refractivity contribution in [2.45, 2.75) is 32.2 Å². The zero-order valence-corrected chi connectivity index (χ0v) is 12.5. The Balaban J connectivity index is 2.15. The molecule has 0 aliphatic rings. The lowest BCUT2D eigenvalue weighted by Crippen LogP contribution is -2.30. The van der Waals surface area contributed by atoms with Gasteiger partial charge >= 0.3 is 5.97 Å². The van der Waals surface area contributed by atoms with E-state index >= 15 is 0 Å². The summed E-state index contributed by atoms with van der Waals surface area (Å²) in [6, 6.07) is 10.1. The van der Waals surface area contributed by atoms with Crippen molar-refractivity contribution in [2.75, 3.05) is 0 Å². The van der Waals surface area contributed by atoms with Gasteiger partial charge in [0.2, 0.25) is 0 Å². The van der Waals surface area contributed by atoms with E-state index in [0.717, 1.165) is 11.3 Å². The molecule has 1 atom stereocenters. The molecule has 1 amide bonds. The predicted molar refractivity (Wildman–Crippen MR) is 81.6 cm³/mol. The van der Waals surface area contributed by atoms with E-state index < -0.39 is 17.9 Å². The van der Waals surface area contributed by atoms with Crippen LogP contribution in [0.15, 0.2) is 36.4 Å². The zero-order chi connectivity index (χ0) is 16.1. The summed E-state index contributed by atoms with van der Waals surface area (Å²) in [5, 5.41) is 18.6. The number of nitrogens with zero attached hydrogens (tertiary/aromatic N) is 1. The molecule has 6 heteroatoms. The van der Waals surface area contributed by atoms with Crippen LogP contribution in [0, 0.1) is 0 Å². The smallest absolute Gasteiger partial charge is 0.305 e. The highest BCUT2D eigenvalue weighted by Crippen LogP contribution is 2.18.